The molecule has 0 aromatic heterocycles. The van der Waals surface area contributed by atoms with Crippen LogP contribution < -0.4 is 5.32 Å². The zero-order valence-electron chi connectivity index (χ0n) is 16.3. The molecule has 1 N–H and O–H groups in total. The number of carbonyl (C=O) groups is 2. The second kappa shape index (κ2) is 9.27. The lowest BCUT2D eigenvalue weighted by Crippen LogP contribution is -2.33. The molecule has 1 aliphatic heterocycles. The van der Waals surface area contributed by atoms with E-state index in [0.717, 1.165) is 17.3 Å². The van der Waals surface area contributed by atoms with Gasteiger partial charge in [0.2, 0.25) is 11.8 Å². The molecule has 1 atom stereocenters. The van der Waals surface area contributed by atoms with Gasteiger partial charge in [0.15, 0.2) is 5.17 Å². The average molecular weight is 444 g/mol. The number of nitrogens with one attached hydrogen (secondary N) is 1. The SMILES string of the molecule is C=CCN1C(=O)C(CC(=O)Nc2ccc(C)cc2)S/C1=N\S(=O)(=O)c1ccccc1. The molecule has 0 aliphatic carbocycles. The average Bonchev–Trinajstić information content (AvgIpc) is 2.99. The van der Waals surface area contributed by atoms with Crippen LogP contribution in [0.15, 0.2) is 76.5 Å². The Morgan fingerprint density at radius 3 is 2.50 bits per heavy atom. The molecule has 3 rings (SSSR count). The predicted molar refractivity (Wildman–Crippen MR) is 119 cm³/mol. The van der Waals surface area contributed by atoms with Crippen molar-refractivity contribution < 1.29 is 18.0 Å². The summed E-state index contributed by atoms with van der Waals surface area (Å²) >= 11 is 0.968. The van der Waals surface area contributed by atoms with Gasteiger partial charge in [-0.2, -0.15) is 8.42 Å². The number of benzene rings is 2. The van der Waals surface area contributed by atoms with Crippen molar-refractivity contribution >= 4 is 44.5 Å². The first-order valence-electron chi connectivity index (χ1n) is 9.15. The zero-order chi connectivity index (χ0) is 21.7. The Balaban J connectivity index is 1.78. The number of nitrogens with zero attached hydrogens (tertiary/aromatic N) is 2. The molecule has 2 aromatic rings. The molecule has 9 heteroatoms. The minimum Gasteiger partial charge on any atom is -0.326 e. The number of amides is 2. The molecule has 0 bridgehead atoms. The van der Waals surface area contributed by atoms with E-state index >= 15 is 0 Å². The van der Waals surface area contributed by atoms with E-state index in [1.807, 2.05) is 19.1 Å². The van der Waals surface area contributed by atoms with Crippen molar-refractivity contribution in [3.63, 3.8) is 0 Å². The highest BCUT2D eigenvalue weighted by molar-refractivity contribution is 8.16. The first kappa shape index (κ1) is 21.8. The second-order valence-electron chi connectivity index (χ2n) is 6.62. The van der Waals surface area contributed by atoms with E-state index in [-0.39, 0.29) is 34.8 Å². The number of aryl methyl sites for hydroxylation is 1. The Morgan fingerprint density at radius 1 is 1.20 bits per heavy atom. The van der Waals surface area contributed by atoms with E-state index in [4.69, 9.17) is 0 Å². The van der Waals surface area contributed by atoms with Crippen LogP contribution in [0.2, 0.25) is 0 Å². The van der Waals surface area contributed by atoms with Gasteiger partial charge in [-0.05, 0) is 31.2 Å². The largest absolute Gasteiger partial charge is 0.326 e. The Hall–Kier alpha value is -2.91. The molecule has 1 aliphatic rings. The van der Waals surface area contributed by atoms with Crippen LogP contribution in [0.25, 0.3) is 0 Å². The van der Waals surface area contributed by atoms with Crippen LogP contribution in [0.1, 0.15) is 12.0 Å². The van der Waals surface area contributed by atoms with Crippen LogP contribution in [-0.2, 0) is 19.6 Å². The van der Waals surface area contributed by atoms with Crippen molar-refractivity contribution in [2.24, 2.45) is 4.40 Å². The van der Waals surface area contributed by atoms with Gasteiger partial charge >= 0.3 is 0 Å². The molecule has 7 nitrogen and oxygen atoms in total. The van der Waals surface area contributed by atoms with E-state index in [9.17, 15) is 18.0 Å². The molecular formula is C21H21N3O4S2. The van der Waals surface area contributed by atoms with E-state index in [0.29, 0.717) is 5.69 Å². The highest BCUT2D eigenvalue weighted by Crippen LogP contribution is 2.31. The van der Waals surface area contributed by atoms with Crippen LogP contribution in [0.5, 0.6) is 0 Å². The van der Waals surface area contributed by atoms with E-state index < -0.39 is 15.3 Å². The van der Waals surface area contributed by atoms with Crippen molar-refractivity contribution in [2.75, 3.05) is 11.9 Å². The lowest BCUT2D eigenvalue weighted by molar-refractivity contribution is -0.127. The lowest BCUT2D eigenvalue weighted by atomic mass is 10.2. The summed E-state index contributed by atoms with van der Waals surface area (Å²) in [7, 11) is -3.98. The molecule has 1 fully saturated rings. The number of thioether (sulfide) groups is 1. The first-order valence-corrected chi connectivity index (χ1v) is 11.5. The van der Waals surface area contributed by atoms with E-state index in [2.05, 4.69) is 16.3 Å². The van der Waals surface area contributed by atoms with Crippen molar-refractivity contribution in [1.29, 1.82) is 0 Å². The van der Waals surface area contributed by atoms with Crippen molar-refractivity contribution in [1.82, 2.24) is 4.90 Å². The van der Waals surface area contributed by atoms with Crippen LogP contribution in [0.4, 0.5) is 5.69 Å². The Kier molecular flexibility index (Phi) is 6.73. The monoisotopic (exact) mass is 443 g/mol. The van der Waals surface area contributed by atoms with E-state index in [1.54, 1.807) is 30.3 Å². The van der Waals surface area contributed by atoms with Gasteiger partial charge in [-0.3, -0.25) is 14.5 Å². The fraction of sp³-hybridized carbons (Fsp3) is 0.190. The molecule has 1 heterocycles. The Morgan fingerprint density at radius 2 is 1.87 bits per heavy atom. The van der Waals surface area contributed by atoms with E-state index in [1.165, 1.54) is 23.1 Å². The molecule has 1 unspecified atom stereocenters. The number of amidine groups is 1. The van der Waals surface area contributed by atoms with Crippen LogP contribution in [-0.4, -0.2) is 42.1 Å². The number of hydrogen-bond acceptors (Lipinski definition) is 5. The molecule has 1 saturated heterocycles. The summed E-state index contributed by atoms with van der Waals surface area (Å²) in [6, 6.07) is 15.1. The highest BCUT2D eigenvalue weighted by Gasteiger charge is 2.39. The van der Waals surface area contributed by atoms with Gasteiger partial charge < -0.3 is 5.32 Å². The van der Waals surface area contributed by atoms with Gasteiger partial charge in [0.25, 0.3) is 10.0 Å². The smallest absolute Gasteiger partial charge is 0.284 e. The topological polar surface area (TPSA) is 95.9 Å². The maximum atomic E-state index is 12.8. The molecule has 2 aromatic carbocycles. The molecular weight excluding hydrogens is 422 g/mol. The third-order valence-electron chi connectivity index (χ3n) is 4.28. The van der Waals surface area contributed by atoms with Crippen molar-refractivity contribution in [2.45, 2.75) is 23.5 Å². The number of anilines is 1. The summed E-state index contributed by atoms with van der Waals surface area (Å²) in [4.78, 5) is 26.4. The normalized spacial score (nSPS) is 17.9. The predicted octanol–water partition coefficient (Wildman–Crippen LogP) is 3.20. The Bertz CT molecular complexity index is 1080. The maximum absolute atomic E-state index is 12.8. The molecule has 0 spiro atoms. The minimum atomic E-state index is -3.98. The number of carbonyl (C=O) groups excluding carboxylic acids is 2. The van der Waals surface area contributed by atoms with Gasteiger partial charge in [-0.15, -0.1) is 11.0 Å². The van der Waals surface area contributed by atoms with Gasteiger partial charge in [0.1, 0.15) is 5.25 Å². The summed E-state index contributed by atoms with van der Waals surface area (Å²) in [5.41, 5.74) is 1.69. The standard InChI is InChI=1S/C21H21N3O4S2/c1-3-13-24-20(26)18(14-19(25)22-16-11-9-15(2)10-12-16)29-21(24)23-30(27,28)17-7-5-4-6-8-17/h3-12,18H,1,13-14H2,2H3,(H,22,25)/b23-21-. The maximum Gasteiger partial charge on any atom is 0.284 e. The molecule has 156 valence electrons. The van der Waals surface area contributed by atoms with Crippen LogP contribution in [0, 0.1) is 6.92 Å². The quantitative estimate of drug-likeness (QED) is 0.663. The summed E-state index contributed by atoms with van der Waals surface area (Å²) in [5, 5.41) is 2.03. The summed E-state index contributed by atoms with van der Waals surface area (Å²) in [6.45, 7) is 5.65. The minimum absolute atomic E-state index is 0.0321. The highest BCUT2D eigenvalue weighted by atomic mass is 32.2. The fourth-order valence-electron chi connectivity index (χ4n) is 2.77. The summed E-state index contributed by atoms with van der Waals surface area (Å²) in [6.07, 6.45) is 1.38. The third-order valence-corrected chi connectivity index (χ3v) is 6.85. The van der Waals surface area contributed by atoms with Gasteiger partial charge in [-0.1, -0.05) is 53.7 Å². The number of sulfonamides is 1. The van der Waals surface area contributed by atoms with Crippen LogP contribution in [0.3, 0.4) is 0 Å². The summed E-state index contributed by atoms with van der Waals surface area (Å²) in [5.74, 6) is -0.712. The van der Waals surface area contributed by atoms with Crippen LogP contribution >= 0.6 is 11.8 Å². The lowest BCUT2D eigenvalue weighted by Gasteiger charge is -2.13. The fourth-order valence-corrected chi connectivity index (χ4v) is 5.16. The second-order valence-corrected chi connectivity index (χ2v) is 9.40. The molecule has 0 radical (unpaired) electrons. The summed E-state index contributed by atoms with van der Waals surface area (Å²) < 4.78 is 29.1. The third kappa shape index (κ3) is 5.17. The Labute approximate surface area is 179 Å². The molecule has 30 heavy (non-hydrogen) atoms. The van der Waals surface area contributed by atoms with Gasteiger partial charge in [-0.25, -0.2) is 0 Å². The number of hydrogen-bond donors (Lipinski definition) is 1. The van der Waals surface area contributed by atoms with Gasteiger partial charge in [0.05, 0.1) is 4.90 Å². The number of rotatable bonds is 7. The molecule has 2 amide bonds. The van der Waals surface area contributed by atoms with Crippen molar-refractivity contribution in [3.8, 4) is 0 Å². The molecule has 0 saturated carbocycles. The first-order chi connectivity index (χ1) is 14.3. The zero-order valence-corrected chi connectivity index (χ0v) is 17.9. The van der Waals surface area contributed by atoms with Crippen molar-refractivity contribution in [3.05, 3.63) is 72.8 Å². The van der Waals surface area contributed by atoms with Gasteiger partial charge in [0, 0.05) is 18.7 Å².